The molecule has 33 heavy (non-hydrogen) atoms. The summed E-state index contributed by atoms with van der Waals surface area (Å²) in [6.45, 7) is 0. The molecule has 0 aliphatic carbocycles. The van der Waals surface area contributed by atoms with Crippen molar-refractivity contribution in [2.75, 3.05) is 5.32 Å². The zero-order valence-electron chi connectivity index (χ0n) is 16.1. The number of phenols is 1. The first-order valence-electron chi connectivity index (χ1n) is 9.07. The third-order valence-corrected chi connectivity index (χ3v) is 4.79. The summed E-state index contributed by atoms with van der Waals surface area (Å²) in [6, 6.07) is 8.80. The predicted molar refractivity (Wildman–Crippen MR) is 104 cm³/mol. The molecule has 2 aromatic heterocycles. The molecule has 4 rings (SSSR count). The van der Waals surface area contributed by atoms with Crippen LogP contribution in [0.25, 0.3) is 22.3 Å². The first-order valence-corrected chi connectivity index (χ1v) is 9.07. The Hall–Kier alpha value is -4.20. The van der Waals surface area contributed by atoms with Crippen LogP contribution in [0.3, 0.4) is 0 Å². The van der Waals surface area contributed by atoms with Crippen LogP contribution >= 0.6 is 0 Å². The molecule has 0 aliphatic rings. The Balaban J connectivity index is 1.80. The van der Waals surface area contributed by atoms with Crippen molar-refractivity contribution in [3.63, 3.8) is 0 Å². The third-order valence-electron chi connectivity index (χ3n) is 4.79. The Morgan fingerprint density at radius 2 is 1.67 bits per heavy atom. The molecular formula is C22H10F6N2O3. The van der Waals surface area contributed by atoms with Gasteiger partial charge in [0.05, 0.1) is 28.3 Å². The van der Waals surface area contributed by atoms with Crippen LogP contribution in [0.4, 0.5) is 32.0 Å². The predicted octanol–water partition coefficient (Wildman–Crippen LogP) is 6.40. The highest BCUT2D eigenvalue weighted by Crippen LogP contribution is 2.44. The fourth-order valence-corrected chi connectivity index (χ4v) is 3.39. The van der Waals surface area contributed by atoms with E-state index in [1.807, 2.05) is 0 Å². The number of nitrogens with one attached hydrogen (secondary N) is 1. The molecule has 2 N–H and O–H groups in total. The smallest absolute Gasteiger partial charge is 0.416 e. The maximum absolute atomic E-state index is 13.2. The number of nitriles is 1. The van der Waals surface area contributed by atoms with Crippen molar-refractivity contribution in [2.45, 2.75) is 12.4 Å². The van der Waals surface area contributed by atoms with Crippen molar-refractivity contribution in [3.8, 4) is 22.9 Å². The number of benzene rings is 3. The Bertz CT molecular complexity index is 1410. The molecule has 2 bridgehead atoms. The van der Waals surface area contributed by atoms with E-state index in [2.05, 4.69) is 5.32 Å². The average molecular weight is 464 g/mol. The molecule has 1 amide bonds. The lowest BCUT2D eigenvalue weighted by molar-refractivity contribution is -0.138. The van der Waals surface area contributed by atoms with Gasteiger partial charge in [-0.25, -0.2) is 0 Å². The number of rotatable bonds is 3. The largest absolute Gasteiger partial charge is 0.504 e. The SMILES string of the molecule is N#Cc1cc(NC(=O)c2c(-c3cccc(C(F)(F)F)c3)c3oc2cc3O)cc(C(F)(F)F)c1. The molecule has 0 radical (unpaired) electrons. The lowest BCUT2D eigenvalue weighted by Gasteiger charge is -2.12. The number of hydrogen-bond donors (Lipinski definition) is 2. The standard InChI is InChI=1S/C22H10F6N2O3/c23-21(24,25)12-3-1-2-11(6-12)17-18(16-8-15(31)19(17)33-16)20(32)30-14-5-10(9-29)4-13(7-14)22(26,27)28/h1-8,31H,(H,30,32). The van der Waals surface area contributed by atoms with E-state index >= 15 is 0 Å². The molecule has 0 atom stereocenters. The summed E-state index contributed by atoms with van der Waals surface area (Å²) < 4.78 is 84.1. The summed E-state index contributed by atoms with van der Waals surface area (Å²) in [4.78, 5) is 13.0. The number of carbonyl (C=O) groups is 1. The Labute approximate surface area is 180 Å². The second-order valence-electron chi connectivity index (χ2n) is 7.02. The number of alkyl halides is 6. The molecule has 0 unspecified atom stereocenters. The number of fused-ring (bicyclic) bond motifs is 2. The monoisotopic (exact) mass is 464 g/mol. The first kappa shape index (κ1) is 22.0. The highest BCUT2D eigenvalue weighted by Gasteiger charge is 2.34. The van der Waals surface area contributed by atoms with Crippen molar-refractivity contribution in [3.05, 3.63) is 70.8 Å². The Kier molecular flexibility index (Phi) is 4.96. The molecular weight excluding hydrogens is 454 g/mol. The van der Waals surface area contributed by atoms with Gasteiger partial charge in [-0.05, 0) is 35.9 Å². The van der Waals surface area contributed by atoms with Gasteiger partial charge in [-0.1, -0.05) is 12.1 Å². The maximum atomic E-state index is 13.2. The quantitative estimate of drug-likeness (QED) is 0.344. The molecule has 0 aliphatic heterocycles. The van der Waals surface area contributed by atoms with Crippen molar-refractivity contribution < 1.29 is 40.7 Å². The minimum Gasteiger partial charge on any atom is -0.504 e. The second-order valence-corrected chi connectivity index (χ2v) is 7.02. The van der Waals surface area contributed by atoms with Crippen LogP contribution in [0.2, 0.25) is 0 Å². The van der Waals surface area contributed by atoms with E-state index in [0.29, 0.717) is 12.1 Å². The second kappa shape index (κ2) is 7.44. The number of furan rings is 2. The molecule has 0 saturated heterocycles. The Morgan fingerprint density at radius 1 is 0.970 bits per heavy atom. The van der Waals surface area contributed by atoms with Crippen molar-refractivity contribution >= 4 is 22.8 Å². The number of aromatic hydroxyl groups is 1. The molecule has 0 spiro atoms. The summed E-state index contributed by atoms with van der Waals surface area (Å²) in [7, 11) is 0. The van der Waals surface area contributed by atoms with E-state index in [1.165, 1.54) is 6.07 Å². The van der Waals surface area contributed by atoms with E-state index in [-0.39, 0.29) is 39.1 Å². The van der Waals surface area contributed by atoms with Gasteiger partial charge in [-0.15, -0.1) is 0 Å². The maximum Gasteiger partial charge on any atom is 0.416 e. The van der Waals surface area contributed by atoms with Gasteiger partial charge in [0.1, 0.15) is 5.58 Å². The number of nitrogens with zero attached hydrogens (tertiary/aromatic N) is 1. The van der Waals surface area contributed by atoms with E-state index in [0.717, 1.165) is 30.3 Å². The van der Waals surface area contributed by atoms with Crippen molar-refractivity contribution in [2.24, 2.45) is 0 Å². The molecule has 5 nitrogen and oxygen atoms in total. The lowest BCUT2D eigenvalue weighted by Crippen LogP contribution is -2.14. The lowest BCUT2D eigenvalue weighted by atomic mass is 9.97. The van der Waals surface area contributed by atoms with E-state index in [1.54, 1.807) is 6.07 Å². The summed E-state index contributed by atoms with van der Waals surface area (Å²) in [5, 5.41) is 21.2. The van der Waals surface area contributed by atoms with Crippen molar-refractivity contribution in [1.29, 1.82) is 5.26 Å². The number of phenolic OH excluding ortho intramolecular Hbond substituents is 1. The van der Waals surface area contributed by atoms with E-state index in [9.17, 15) is 36.2 Å². The Morgan fingerprint density at radius 3 is 2.30 bits per heavy atom. The highest BCUT2D eigenvalue weighted by atomic mass is 19.4. The molecule has 168 valence electrons. The fourth-order valence-electron chi connectivity index (χ4n) is 3.39. The minimum absolute atomic E-state index is 0.0959. The van der Waals surface area contributed by atoms with Crippen molar-refractivity contribution in [1.82, 2.24) is 0 Å². The molecule has 11 heteroatoms. The molecule has 0 fully saturated rings. The van der Waals surface area contributed by atoms with Gasteiger partial charge in [0.25, 0.3) is 5.91 Å². The van der Waals surface area contributed by atoms with Crippen LogP contribution in [0.15, 0.2) is 52.9 Å². The van der Waals surface area contributed by atoms with E-state index < -0.39 is 35.1 Å². The number of amides is 1. The number of hydrogen-bond acceptors (Lipinski definition) is 4. The summed E-state index contributed by atoms with van der Waals surface area (Å²) in [6.07, 6.45) is -9.47. The average Bonchev–Trinajstić information content (AvgIpc) is 3.29. The minimum atomic E-state index is -4.79. The van der Waals surface area contributed by atoms with Crippen LogP contribution < -0.4 is 5.32 Å². The van der Waals surface area contributed by atoms with Gasteiger partial charge in [0, 0.05) is 17.3 Å². The van der Waals surface area contributed by atoms with Gasteiger partial charge in [0.2, 0.25) is 0 Å². The van der Waals surface area contributed by atoms with Crippen LogP contribution in [-0.2, 0) is 12.4 Å². The normalized spacial score (nSPS) is 12.2. The van der Waals surface area contributed by atoms with Gasteiger partial charge in [-0.3, -0.25) is 4.79 Å². The number of carbonyl (C=O) groups excluding carboxylic acids is 1. The van der Waals surface area contributed by atoms with Crippen LogP contribution in [0.5, 0.6) is 5.75 Å². The summed E-state index contributed by atoms with van der Waals surface area (Å²) in [5.41, 5.74) is -3.87. The molecule has 4 aromatic rings. The third kappa shape index (κ3) is 4.03. The number of halogens is 6. The fraction of sp³-hybridized carbons (Fsp3) is 0.0909. The first-order chi connectivity index (χ1) is 15.4. The topological polar surface area (TPSA) is 86.3 Å². The van der Waals surface area contributed by atoms with E-state index in [4.69, 9.17) is 9.68 Å². The van der Waals surface area contributed by atoms with Crippen LogP contribution in [0, 0.1) is 11.3 Å². The zero-order chi connectivity index (χ0) is 24.1. The summed E-state index contributed by atoms with van der Waals surface area (Å²) >= 11 is 0. The molecule has 2 aromatic carbocycles. The zero-order valence-corrected chi connectivity index (χ0v) is 16.1. The van der Waals surface area contributed by atoms with Gasteiger partial charge in [0.15, 0.2) is 11.3 Å². The number of anilines is 1. The van der Waals surface area contributed by atoms with Crippen LogP contribution in [0.1, 0.15) is 27.0 Å². The molecule has 0 saturated carbocycles. The van der Waals surface area contributed by atoms with Crippen LogP contribution in [-0.4, -0.2) is 11.0 Å². The van der Waals surface area contributed by atoms with Gasteiger partial charge >= 0.3 is 12.4 Å². The summed E-state index contributed by atoms with van der Waals surface area (Å²) in [5.74, 6) is -1.42. The molecule has 2 heterocycles. The highest BCUT2D eigenvalue weighted by molar-refractivity contribution is 6.17. The van der Waals surface area contributed by atoms with Gasteiger partial charge < -0.3 is 14.8 Å². The van der Waals surface area contributed by atoms with Gasteiger partial charge in [-0.2, -0.15) is 31.6 Å².